The molecule has 1 aromatic rings. The second-order valence-electron chi connectivity index (χ2n) is 4.34. The average Bonchev–Trinajstić information content (AvgIpc) is 2.26. The quantitative estimate of drug-likeness (QED) is 0.811. The maximum absolute atomic E-state index is 6.06. The van der Waals surface area contributed by atoms with Crippen molar-refractivity contribution in [2.45, 2.75) is 26.3 Å². The van der Waals surface area contributed by atoms with Gasteiger partial charge >= 0.3 is 0 Å². The molecule has 0 amide bonds. The first-order valence-electron chi connectivity index (χ1n) is 5.76. The van der Waals surface area contributed by atoms with Gasteiger partial charge < -0.3 is 10.2 Å². The first-order chi connectivity index (χ1) is 8.00. The number of pyridine rings is 1. The van der Waals surface area contributed by atoms with Gasteiger partial charge in [-0.15, -0.1) is 0 Å². The first-order valence-corrected chi connectivity index (χ1v) is 6.93. The molecule has 3 nitrogen and oxygen atoms in total. The summed E-state index contributed by atoms with van der Waals surface area (Å²) in [5.74, 6) is 0.752. The molecule has 1 aromatic heterocycles. The van der Waals surface area contributed by atoms with Crippen LogP contribution in [0.1, 0.15) is 20.3 Å². The number of rotatable bonds is 6. The predicted molar refractivity (Wildman–Crippen MR) is 77.8 cm³/mol. The molecular weight excluding hydrogens is 302 g/mol. The lowest BCUT2D eigenvalue weighted by Gasteiger charge is -2.20. The van der Waals surface area contributed by atoms with E-state index in [9.17, 15) is 0 Å². The summed E-state index contributed by atoms with van der Waals surface area (Å²) in [6.07, 6.45) is 2.82. The Hall–Kier alpha value is -0.320. The molecule has 0 fully saturated rings. The molecule has 0 bridgehead atoms. The first kappa shape index (κ1) is 14.7. The summed E-state index contributed by atoms with van der Waals surface area (Å²) in [5, 5.41) is 3.89. The van der Waals surface area contributed by atoms with Gasteiger partial charge in [-0.1, -0.05) is 11.6 Å². The third kappa shape index (κ3) is 5.23. The molecule has 0 saturated heterocycles. The Labute approximate surface area is 117 Å². The molecule has 0 unspecified atom stereocenters. The Morgan fingerprint density at radius 1 is 1.53 bits per heavy atom. The highest BCUT2D eigenvalue weighted by molar-refractivity contribution is 9.10. The van der Waals surface area contributed by atoms with E-state index < -0.39 is 0 Å². The fourth-order valence-electron chi connectivity index (χ4n) is 1.34. The molecule has 96 valence electrons. The summed E-state index contributed by atoms with van der Waals surface area (Å²) in [6, 6.07) is 2.43. The minimum atomic E-state index is 0.587. The van der Waals surface area contributed by atoms with Gasteiger partial charge in [0.25, 0.3) is 0 Å². The van der Waals surface area contributed by atoms with Crippen LogP contribution in [0.5, 0.6) is 0 Å². The van der Waals surface area contributed by atoms with Crippen LogP contribution in [0.25, 0.3) is 0 Å². The Balaban J connectivity index is 2.31. The monoisotopic (exact) mass is 319 g/mol. The van der Waals surface area contributed by atoms with Crippen LogP contribution in [-0.4, -0.2) is 36.1 Å². The minimum absolute atomic E-state index is 0.587. The van der Waals surface area contributed by atoms with Crippen molar-refractivity contribution in [1.82, 2.24) is 9.88 Å². The van der Waals surface area contributed by atoms with Gasteiger partial charge in [-0.05, 0) is 55.9 Å². The van der Waals surface area contributed by atoms with E-state index in [2.05, 4.69) is 52.0 Å². The Morgan fingerprint density at radius 3 is 2.82 bits per heavy atom. The lowest BCUT2D eigenvalue weighted by Crippen LogP contribution is -2.28. The van der Waals surface area contributed by atoms with Gasteiger partial charge in [0.05, 0.1) is 5.02 Å². The lowest BCUT2D eigenvalue weighted by atomic mass is 10.3. The number of halogens is 2. The number of nitrogens with zero attached hydrogens (tertiary/aromatic N) is 2. The average molecular weight is 321 g/mol. The Kier molecular flexibility index (Phi) is 6.23. The van der Waals surface area contributed by atoms with Gasteiger partial charge in [-0.2, -0.15) is 0 Å². The number of aromatic nitrogens is 1. The molecule has 0 radical (unpaired) electrons. The molecule has 1 rings (SSSR count). The molecular formula is C12H19BrClN3. The van der Waals surface area contributed by atoms with E-state index >= 15 is 0 Å². The predicted octanol–water partition coefficient (Wildman–Crippen LogP) is 3.64. The van der Waals surface area contributed by atoms with Gasteiger partial charge in [0.1, 0.15) is 5.82 Å². The number of nitrogens with one attached hydrogen (secondary N) is 1. The molecule has 17 heavy (non-hydrogen) atoms. The summed E-state index contributed by atoms with van der Waals surface area (Å²) < 4.78 is 0.896. The second-order valence-corrected chi connectivity index (χ2v) is 5.66. The van der Waals surface area contributed by atoms with E-state index in [0.29, 0.717) is 11.1 Å². The minimum Gasteiger partial charge on any atom is -0.369 e. The lowest BCUT2D eigenvalue weighted by molar-refractivity contribution is 0.273. The highest BCUT2D eigenvalue weighted by Crippen LogP contribution is 2.22. The van der Waals surface area contributed by atoms with Crippen molar-refractivity contribution in [1.29, 1.82) is 0 Å². The van der Waals surface area contributed by atoms with Gasteiger partial charge in [-0.3, -0.25) is 0 Å². The fourth-order valence-corrected chi connectivity index (χ4v) is 2.03. The largest absolute Gasteiger partial charge is 0.369 e. The maximum Gasteiger partial charge on any atom is 0.144 e. The normalized spacial score (nSPS) is 11.2. The third-order valence-electron chi connectivity index (χ3n) is 2.67. The zero-order valence-corrected chi connectivity index (χ0v) is 12.8. The van der Waals surface area contributed by atoms with Crippen LogP contribution in [0.2, 0.25) is 5.02 Å². The van der Waals surface area contributed by atoms with E-state index in [4.69, 9.17) is 11.6 Å². The van der Waals surface area contributed by atoms with Crippen LogP contribution < -0.4 is 5.32 Å². The zero-order chi connectivity index (χ0) is 12.8. The van der Waals surface area contributed by atoms with Crippen LogP contribution in [0.4, 0.5) is 5.82 Å². The zero-order valence-electron chi connectivity index (χ0n) is 10.5. The van der Waals surface area contributed by atoms with E-state index in [1.165, 1.54) is 0 Å². The summed E-state index contributed by atoms with van der Waals surface area (Å²) >= 11 is 9.39. The van der Waals surface area contributed by atoms with Gasteiger partial charge in [0, 0.05) is 23.3 Å². The molecule has 1 N–H and O–H groups in total. The highest BCUT2D eigenvalue weighted by Gasteiger charge is 2.04. The Morgan fingerprint density at radius 2 is 2.24 bits per heavy atom. The molecule has 1 heterocycles. The van der Waals surface area contributed by atoms with Crippen molar-refractivity contribution in [2.24, 2.45) is 0 Å². The summed E-state index contributed by atoms with van der Waals surface area (Å²) in [5.41, 5.74) is 0. The topological polar surface area (TPSA) is 28.2 Å². The van der Waals surface area contributed by atoms with Crippen molar-refractivity contribution in [3.8, 4) is 0 Å². The SMILES string of the molecule is CC(C)N(C)CCCNc1ncc(Br)cc1Cl. The van der Waals surface area contributed by atoms with Gasteiger partial charge in [-0.25, -0.2) is 4.98 Å². The van der Waals surface area contributed by atoms with Gasteiger partial charge in [0.15, 0.2) is 0 Å². The Bertz CT molecular complexity index is 358. The fraction of sp³-hybridized carbons (Fsp3) is 0.583. The number of hydrogen-bond donors (Lipinski definition) is 1. The van der Waals surface area contributed by atoms with E-state index in [0.717, 1.165) is 29.8 Å². The summed E-state index contributed by atoms with van der Waals surface area (Å²) in [4.78, 5) is 6.54. The van der Waals surface area contributed by atoms with Crippen LogP contribution >= 0.6 is 27.5 Å². The van der Waals surface area contributed by atoms with Crippen molar-refractivity contribution < 1.29 is 0 Å². The third-order valence-corrected chi connectivity index (χ3v) is 3.39. The van der Waals surface area contributed by atoms with Crippen molar-refractivity contribution in [2.75, 3.05) is 25.5 Å². The molecule has 0 saturated carbocycles. The van der Waals surface area contributed by atoms with E-state index in [-0.39, 0.29) is 0 Å². The summed E-state index contributed by atoms with van der Waals surface area (Å²) in [6.45, 7) is 6.34. The molecule has 5 heteroatoms. The van der Waals surface area contributed by atoms with Crippen molar-refractivity contribution >= 4 is 33.3 Å². The molecule has 0 atom stereocenters. The highest BCUT2D eigenvalue weighted by atomic mass is 79.9. The molecule has 0 aromatic carbocycles. The maximum atomic E-state index is 6.06. The number of hydrogen-bond acceptors (Lipinski definition) is 3. The van der Waals surface area contributed by atoms with Gasteiger partial charge in [0.2, 0.25) is 0 Å². The van der Waals surface area contributed by atoms with Crippen LogP contribution in [-0.2, 0) is 0 Å². The molecule has 0 aliphatic heterocycles. The molecule has 0 aliphatic rings. The smallest absolute Gasteiger partial charge is 0.144 e. The van der Waals surface area contributed by atoms with E-state index in [1.807, 2.05) is 6.07 Å². The van der Waals surface area contributed by atoms with Crippen molar-refractivity contribution in [3.63, 3.8) is 0 Å². The van der Waals surface area contributed by atoms with Crippen LogP contribution in [0.15, 0.2) is 16.7 Å². The van der Waals surface area contributed by atoms with E-state index in [1.54, 1.807) is 6.20 Å². The second kappa shape index (κ2) is 7.19. The standard InChI is InChI=1S/C12H19BrClN3/c1-9(2)17(3)6-4-5-15-12-11(14)7-10(13)8-16-12/h7-9H,4-6H2,1-3H3,(H,15,16). The van der Waals surface area contributed by atoms with Crippen LogP contribution in [0.3, 0.4) is 0 Å². The van der Waals surface area contributed by atoms with Crippen LogP contribution in [0, 0.1) is 0 Å². The van der Waals surface area contributed by atoms with Crippen molar-refractivity contribution in [3.05, 3.63) is 21.8 Å². The molecule has 0 spiro atoms. The molecule has 0 aliphatic carbocycles. The summed E-state index contributed by atoms with van der Waals surface area (Å²) in [7, 11) is 2.13. The number of anilines is 1.